The minimum absolute atomic E-state index is 0.0424. The number of sulfonamides is 1. The molecule has 1 amide bonds. The quantitative estimate of drug-likeness (QED) is 0.733. The van der Waals surface area contributed by atoms with Crippen molar-refractivity contribution in [1.82, 2.24) is 9.80 Å². The molecular formula is C16H24ClN3O4S. The number of hydrogen-bond acceptors (Lipinski definition) is 5. The van der Waals surface area contributed by atoms with E-state index in [1.807, 2.05) is 7.05 Å². The lowest BCUT2D eigenvalue weighted by Gasteiger charge is -2.33. The number of benzene rings is 1. The van der Waals surface area contributed by atoms with Gasteiger partial charge in [-0.2, -0.15) is 0 Å². The lowest BCUT2D eigenvalue weighted by molar-refractivity contribution is -0.132. The summed E-state index contributed by atoms with van der Waals surface area (Å²) in [5.41, 5.74) is 0.337. The highest BCUT2D eigenvalue weighted by atomic mass is 35.5. The van der Waals surface area contributed by atoms with Crippen molar-refractivity contribution in [2.24, 2.45) is 0 Å². The second-order valence-electron chi connectivity index (χ2n) is 6.09. The summed E-state index contributed by atoms with van der Waals surface area (Å²) in [6, 6.07) is 4.76. The van der Waals surface area contributed by atoms with E-state index in [-0.39, 0.29) is 18.9 Å². The van der Waals surface area contributed by atoms with Gasteiger partial charge < -0.3 is 14.5 Å². The first-order chi connectivity index (χ1) is 11.7. The van der Waals surface area contributed by atoms with Gasteiger partial charge in [0, 0.05) is 44.2 Å². The Morgan fingerprint density at radius 1 is 1.28 bits per heavy atom. The molecule has 2 rings (SSSR count). The van der Waals surface area contributed by atoms with Crippen LogP contribution in [0.3, 0.4) is 0 Å². The molecular weight excluding hydrogens is 366 g/mol. The van der Waals surface area contributed by atoms with E-state index in [1.165, 1.54) is 17.5 Å². The number of methoxy groups -OCH3 is 1. The standard InChI is InChI=1S/C16H24ClN3O4S/c1-18-8-10-19(11-9-18)16(21)6-7-20(25(3,22)23)14-12-13(17)4-5-15(14)24-2/h4-5,12H,6-11H2,1-3H3. The predicted molar refractivity (Wildman–Crippen MR) is 98.9 cm³/mol. The van der Waals surface area contributed by atoms with Gasteiger partial charge in [-0.25, -0.2) is 8.42 Å². The van der Waals surface area contributed by atoms with Gasteiger partial charge >= 0.3 is 0 Å². The first-order valence-electron chi connectivity index (χ1n) is 8.00. The van der Waals surface area contributed by atoms with Crippen molar-refractivity contribution in [3.8, 4) is 5.75 Å². The number of nitrogens with zero attached hydrogens (tertiary/aromatic N) is 3. The summed E-state index contributed by atoms with van der Waals surface area (Å²) in [4.78, 5) is 16.3. The third-order valence-electron chi connectivity index (χ3n) is 4.19. The highest BCUT2D eigenvalue weighted by molar-refractivity contribution is 7.92. The Morgan fingerprint density at radius 3 is 2.48 bits per heavy atom. The third-order valence-corrected chi connectivity index (χ3v) is 5.61. The highest BCUT2D eigenvalue weighted by Crippen LogP contribution is 2.32. The molecule has 0 spiro atoms. The van der Waals surface area contributed by atoms with Crippen LogP contribution in [0.25, 0.3) is 0 Å². The van der Waals surface area contributed by atoms with Crippen molar-refractivity contribution in [3.05, 3.63) is 23.2 Å². The van der Waals surface area contributed by atoms with Gasteiger partial charge in [0.25, 0.3) is 0 Å². The number of rotatable bonds is 6. The number of carbonyl (C=O) groups is 1. The maximum absolute atomic E-state index is 12.4. The lowest BCUT2D eigenvalue weighted by Crippen LogP contribution is -2.48. The number of halogens is 1. The number of piperazine rings is 1. The molecule has 9 heteroatoms. The van der Waals surface area contributed by atoms with E-state index in [4.69, 9.17) is 16.3 Å². The van der Waals surface area contributed by atoms with E-state index in [9.17, 15) is 13.2 Å². The van der Waals surface area contributed by atoms with Crippen LogP contribution in [0, 0.1) is 0 Å². The molecule has 0 N–H and O–H groups in total. The van der Waals surface area contributed by atoms with Crippen molar-refractivity contribution in [3.63, 3.8) is 0 Å². The van der Waals surface area contributed by atoms with Gasteiger partial charge in [-0.15, -0.1) is 0 Å². The van der Waals surface area contributed by atoms with Gasteiger partial charge in [0.15, 0.2) is 0 Å². The van der Waals surface area contributed by atoms with Crippen molar-refractivity contribution >= 4 is 33.2 Å². The molecule has 1 aliphatic heterocycles. The van der Waals surface area contributed by atoms with E-state index in [0.717, 1.165) is 19.3 Å². The first kappa shape index (κ1) is 19.8. The van der Waals surface area contributed by atoms with Crippen molar-refractivity contribution in [2.75, 3.05) is 57.4 Å². The maximum atomic E-state index is 12.4. The zero-order valence-electron chi connectivity index (χ0n) is 14.7. The van der Waals surface area contributed by atoms with Gasteiger partial charge in [0.1, 0.15) is 5.75 Å². The number of anilines is 1. The highest BCUT2D eigenvalue weighted by Gasteiger charge is 2.25. The van der Waals surface area contributed by atoms with Gasteiger partial charge in [0.2, 0.25) is 15.9 Å². The van der Waals surface area contributed by atoms with Gasteiger partial charge in [0.05, 0.1) is 19.1 Å². The van der Waals surface area contributed by atoms with E-state index < -0.39 is 10.0 Å². The van der Waals surface area contributed by atoms with Crippen LogP contribution in [0.15, 0.2) is 18.2 Å². The molecule has 0 aromatic heterocycles. The van der Waals surface area contributed by atoms with Gasteiger partial charge in [-0.05, 0) is 25.2 Å². The maximum Gasteiger partial charge on any atom is 0.232 e. The summed E-state index contributed by atoms with van der Waals surface area (Å²) in [7, 11) is -0.113. The Kier molecular flexibility index (Phi) is 6.53. The first-order valence-corrected chi connectivity index (χ1v) is 10.2. The van der Waals surface area contributed by atoms with Gasteiger partial charge in [-0.3, -0.25) is 9.10 Å². The van der Waals surface area contributed by atoms with Crippen LogP contribution in [0.1, 0.15) is 6.42 Å². The van der Waals surface area contributed by atoms with Gasteiger partial charge in [-0.1, -0.05) is 11.6 Å². The molecule has 1 aliphatic rings. The fraction of sp³-hybridized carbons (Fsp3) is 0.562. The fourth-order valence-corrected chi connectivity index (χ4v) is 3.82. The van der Waals surface area contributed by atoms with Crippen LogP contribution < -0.4 is 9.04 Å². The average Bonchev–Trinajstić information content (AvgIpc) is 2.54. The minimum Gasteiger partial charge on any atom is -0.495 e. The molecule has 1 heterocycles. The minimum atomic E-state index is -3.59. The Labute approximate surface area is 154 Å². The number of likely N-dealkylation sites (N-methyl/N-ethyl adjacent to an activating group) is 1. The monoisotopic (exact) mass is 389 g/mol. The molecule has 0 bridgehead atoms. The lowest BCUT2D eigenvalue weighted by atomic mass is 10.2. The summed E-state index contributed by atoms with van der Waals surface area (Å²) in [5.74, 6) is 0.338. The fourth-order valence-electron chi connectivity index (χ4n) is 2.73. The van der Waals surface area contributed by atoms with Crippen molar-refractivity contribution in [2.45, 2.75) is 6.42 Å². The number of ether oxygens (including phenoxy) is 1. The third kappa shape index (κ3) is 5.23. The van der Waals surface area contributed by atoms with Crippen LogP contribution >= 0.6 is 11.6 Å². The van der Waals surface area contributed by atoms with Crippen LogP contribution in [0.4, 0.5) is 5.69 Å². The number of hydrogen-bond donors (Lipinski definition) is 0. The van der Waals surface area contributed by atoms with Crippen LogP contribution in [-0.4, -0.2) is 77.3 Å². The molecule has 0 unspecified atom stereocenters. The zero-order chi connectivity index (χ0) is 18.6. The molecule has 1 fully saturated rings. The molecule has 1 saturated heterocycles. The normalized spacial score (nSPS) is 15.9. The second-order valence-corrected chi connectivity index (χ2v) is 8.43. The zero-order valence-corrected chi connectivity index (χ0v) is 16.3. The number of amides is 1. The smallest absolute Gasteiger partial charge is 0.232 e. The largest absolute Gasteiger partial charge is 0.495 e. The summed E-state index contributed by atoms with van der Waals surface area (Å²) in [6.07, 6.45) is 1.21. The average molecular weight is 390 g/mol. The topological polar surface area (TPSA) is 70.2 Å². The second kappa shape index (κ2) is 8.25. The Hall–Kier alpha value is -1.51. The van der Waals surface area contributed by atoms with Crippen molar-refractivity contribution < 1.29 is 17.9 Å². The molecule has 0 aliphatic carbocycles. The molecule has 25 heavy (non-hydrogen) atoms. The molecule has 1 aromatic carbocycles. The summed E-state index contributed by atoms with van der Waals surface area (Å²) < 4.78 is 30.9. The summed E-state index contributed by atoms with van der Waals surface area (Å²) in [5, 5.41) is 0.398. The molecule has 0 atom stereocenters. The molecule has 140 valence electrons. The van der Waals surface area contributed by atoms with Crippen LogP contribution in [-0.2, 0) is 14.8 Å². The predicted octanol–water partition coefficient (Wildman–Crippen LogP) is 1.28. The van der Waals surface area contributed by atoms with Crippen LogP contribution in [0.2, 0.25) is 5.02 Å². The Bertz CT molecular complexity index is 718. The summed E-state index contributed by atoms with van der Waals surface area (Å²) >= 11 is 6.01. The van der Waals surface area contributed by atoms with E-state index in [0.29, 0.717) is 29.5 Å². The molecule has 0 radical (unpaired) electrons. The number of carbonyl (C=O) groups excluding carboxylic acids is 1. The molecule has 7 nitrogen and oxygen atoms in total. The SMILES string of the molecule is COc1ccc(Cl)cc1N(CCC(=O)N1CCN(C)CC1)S(C)(=O)=O. The van der Waals surface area contributed by atoms with E-state index >= 15 is 0 Å². The van der Waals surface area contributed by atoms with E-state index in [1.54, 1.807) is 17.0 Å². The molecule has 0 saturated carbocycles. The summed E-state index contributed by atoms with van der Waals surface area (Å²) in [6.45, 7) is 3.01. The van der Waals surface area contributed by atoms with E-state index in [2.05, 4.69) is 4.90 Å². The van der Waals surface area contributed by atoms with Crippen LogP contribution in [0.5, 0.6) is 5.75 Å². The molecule has 1 aromatic rings. The van der Waals surface area contributed by atoms with Crippen molar-refractivity contribution in [1.29, 1.82) is 0 Å². The Morgan fingerprint density at radius 2 is 1.92 bits per heavy atom. The Balaban J connectivity index is 2.14.